The van der Waals surface area contributed by atoms with Crippen LogP contribution in [0.5, 0.6) is 0 Å². The van der Waals surface area contributed by atoms with Crippen molar-refractivity contribution in [2.24, 2.45) is 5.73 Å². The Labute approximate surface area is 112 Å². The number of hydrogen-bond acceptors (Lipinski definition) is 5. The maximum Gasteiger partial charge on any atom is 0.435 e. The van der Waals surface area contributed by atoms with Crippen molar-refractivity contribution in [1.82, 2.24) is 9.78 Å². The lowest BCUT2D eigenvalue weighted by Gasteiger charge is -2.19. The van der Waals surface area contributed by atoms with Crippen LogP contribution in [-0.4, -0.2) is 40.5 Å². The van der Waals surface area contributed by atoms with Crippen LogP contribution >= 0.6 is 0 Å². The van der Waals surface area contributed by atoms with Gasteiger partial charge in [-0.3, -0.25) is 9.69 Å². The maximum atomic E-state index is 11.8. The highest BCUT2D eigenvalue weighted by atomic mass is 16.6. The molecule has 1 amide bonds. The Morgan fingerprint density at radius 1 is 1.47 bits per heavy atom. The van der Waals surface area contributed by atoms with E-state index in [0.29, 0.717) is 5.82 Å². The van der Waals surface area contributed by atoms with E-state index in [1.807, 2.05) is 0 Å². The quantitative estimate of drug-likeness (QED) is 0.863. The van der Waals surface area contributed by atoms with E-state index < -0.39 is 17.7 Å². The molecular formula is C12H20N4O3. The average molecular weight is 268 g/mol. The molecule has 0 aliphatic carbocycles. The van der Waals surface area contributed by atoms with Gasteiger partial charge in [-0.25, -0.2) is 4.79 Å². The van der Waals surface area contributed by atoms with Gasteiger partial charge in [0, 0.05) is 19.3 Å². The minimum Gasteiger partial charge on any atom is -0.442 e. The fourth-order valence-electron chi connectivity index (χ4n) is 1.32. The molecule has 0 unspecified atom stereocenters. The molecule has 7 heteroatoms. The van der Waals surface area contributed by atoms with Gasteiger partial charge in [-0.1, -0.05) is 0 Å². The summed E-state index contributed by atoms with van der Waals surface area (Å²) < 4.78 is 6.21. The topological polar surface area (TPSA) is 90.5 Å². The van der Waals surface area contributed by atoms with Crippen molar-refractivity contribution >= 4 is 17.8 Å². The maximum absolute atomic E-state index is 11.8. The molecule has 0 saturated heterocycles. The number of nitrogens with zero attached hydrogens (tertiary/aromatic N) is 3. The predicted octanol–water partition coefficient (Wildman–Crippen LogP) is 0.976. The van der Waals surface area contributed by atoms with Gasteiger partial charge in [-0.2, -0.15) is 4.68 Å². The van der Waals surface area contributed by atoms with Crippen molar-refractivity contribution < 1.29 is 14.3 Å². The van der Waals surface area contributed by atoms with Crippen molar-refractivity contribution in [1.29, 1.82) is 0 Å². The highest BCUT2D eigenvalue weighted by Crippen LogP contribution is 2.12. The molecule has 2 N–H and O–H groups in total. The number of anilines is 1. The molecule has 106 valence electrons. The van der Waals surface area contributed by atoms with Gasteiger partial charge in [0.25, 0.3) is 0 Å². The largest absolute Gasteiger partial charge is 0.442 e. The molecule has 0 aromatic carbocycles. The van der Waals surface area contributed by atoms with Crippen molar-refractivity contribution in [3.63, 3.8) is 0 Å². The van der Waals surface area contributed by atoms with Crippen molar-refractivity contribution in [2.45, 2.75) is 39.3 Å². The van der Waals surface area contributed by atoms with Crippen LogP contribution in [-0.2, 0) is 9.53 Å². The minimum absolute atomic E-state index is 0.283. The molecular weight excluding hydrogens is 248 g/mol. The monoisotopic (exact) mass is 268 g/mol. The Bertz CT molecular complexity index is 474. The standard InChI is InChI=1S/C12H20N4O3/c1-8(13)10(17)15(5)9-6-7-16(14-9)11(18)19-12(2,3)4/h6-8H,13H2,1-5H3/t8-/m0/s1. The zero-order valence-corrected chi connectivity index (χ0v) is 11.9. The minimum atomic E-state index is -0.628. The van der Waals surface area contributed by atoms with Gasteiger partial charge in [0.15, 0.2) is 5.82 Å². The van der Waals surface area contributed by atoms with E-state index in [4.69, 9.17) is 10.5 Å². The first-order valence-corrected chi connectivity index (χ1v) is 5.94. The normalized spacial score (nSPS) is 12.9. The zero-order valence-electron chi connectivity index (χ0n) is 11.9. The summed E-state index contributed by atoms with van der Waals surface area (Å²) in [6.45, 7) is 6.88. The second-order valence-corrected chi connectivity index (χ2v) is 5.28. The van der Waals surface area contributed by atoms with E-state index in [0.717, 1.165) is 4.68 Å². The fourth-order valence-corrected chi connectivity index (χ4v) is 1.32. The SMILES string of the molecule is C[C@H](N)C(=O)N(C)c1ccn(C(=O)OC(C)(C)C)n1. The smallest absolute Gasteiger partial charge is 0.435 e. The molecule has 7 nitrogen and oxygen atoms in total. The van der Waals surface area contributed by atoms with Crippen LogP contribution in [0.1, 0.15) is 27.7 Å². The second kappa shape index (κ2) is 5.40. The molecule has 0 spiro atoms. The number of carbonyl (C=O) groups excluding carboxylic acids is 2. The number of amides is 1. The third-order valence-corrected chi connectivity index (χ3v) is 2.22. The van der Waals surface area contributed by atoms with Crippen molar-refractivity contribution in [3.8, 4) is 0 Å². The summed E-state index contributed by atoms with van der Waals surface area (Å²) in [5.74, 6) is 0.0580. The van der Waals surface area contributed by atoms with Gasteiger partial charge in [-0.05, 0) is 27.7 Å². The lowest BCUT2D eigenvalue weighted by molar-refractivity contribution is -0.119. The zero-order chi connectivity index (χ0) is 14.8. The van der Waals surface area contributed by atoms with Crippen molar-refractivity contribution in [3.05, 3.63) is 12.3 Å². The molecule has 1 rings (SSSR count). The van der Waals surface area contributed by atoms with E-state index in [2.05, 4.69) is 5.10 Å². The number of nitrogens with two attached hydrogens (primary N) is 1. The molecule has 1 heterocycles. The number of carbonyl (C=O) groups is 2. The first-order valence-electron chi connectivity index (χ1n) is 5.94. The Balaban J connectivity index is 2.83. The first kappa shape index (κ1) is 15.2. The molecule has 0 saturated carbocycles. The molecule has 0 fully saturated rings. The van der Waals surface area contributed by atoms with Gasteiger partial charge in [-0.15, -0.1) is 5.10 Å². The summed E-state index contributed by atoms with van der Waals surface area (Å²) in [4.78, 5) is 24.7. The Morgan fingerprint density at radius 3 is 2.53 bits per heavy atom. The van der Waals surface area contributed by atoms with Crippen LogP contribution in [0.25, 0.3) is 0 Å². The van der Waals surface area contributed by atoms with Gasteiger partial charge >= 0.3 is 6.09 Å². The number of ether oxygens (including phenoxy) is 1. The lowest BCUT2D eigenvalue weighted by atomic mass is 10.2. The molecule has 0 radical (unpaired) electrons. The summed E-state index contributed by atoms with van der Waals surface area (Å²) in [6, 6.07) is 0.918. The van der Waals surface area contributed by atoms with E-state index in [1.165, 1.54) is 11.1 Å². The number of rotatable bonds is 2. The molecule has 0 bridgehead atoms. The van der Waals surface area contributed by atoms with Crippen LogP contribution in [0.15, 0.2) is 12.3 Å². The molecule has 1 aromatic heterocycles. The van der Waals surface area contributed by atoms with E-state index in [9.17, 15) is 9.59 Å². The fraction of sp³-hybridized carbons (Fsp3) is 0.583. The van der Waals surface area contributed by atoms with Crippen LogP contribution < -0.4 is 10.6 Å². The van der Waals surface area contributed by atoms with Crippen LogP contribution in [0, 0.1) is 0 Å². The Hall–Kier alpha value is -1.89. The number of likely N-dealkylation sites (N-methyl/N-ethyl adjacent to an activating group) is 1. The van der Waals surface area contributed by atoms with Crippen LogP contribution in [0.4, 0.5) is 10.6 Å². The average Bonchev–Trinajstić information content (AvgIpc) is 2.73. The summed E-state index contributed by atoms with van der Waals surface area (Å²) in [5.41, 5.74) is 4.91. The molecule has 19 heavy (non-hydrogen) atoms. The summed E-state index contributed by atoms with van der Waals surface area (Å²) in [7, 11) is 1.55. The highest BCUT2D eigenvalue weighted by Gasteiger charge is 2.21. The third-order valence-electron chi connectivity index (χ3n) is 2.22. The highest BCUT2D eigenvalue weighted by molar-refractivity contribution is 5.95. The predicted molar refractivity (Wildman–Crippen MR) is 70.9 cm³/mol. The van der Waals surface area contributed by atoms with Gasteiger partial charge < -0.3 is 10.5 Å². The summed E-state index contributed by atoms with van der Waals surface area (Å²) >= 11 is 0. The van der Waals surface area contributed by atoms with E-state index in [-0.39, 0.29) is 5.91 Å². The van der Waals surface area contributed by atoms with Gasteiger partial charge in [0.2, 0.25) is 5.91 Å². The molecule has 1 aromatic rings. The third kappa shape index (κ3) is 4.06. The van der Waals surface area contributed by atoms with E-state index in [1.54, 1.807) is 40.8 Å². The van der Waals surface area contributed by atoms with Crippen LogP contribution in [0.2, 0.25) is 0 Å². The Morgan fingerprint density at radius 2 is 2.05 bits per heavy atom. The Kier molecular flexibility index (Phi) is 4.31. The van der Waals surface area contributed by atoms with E-state index >= 15 is 0 Å². The van der Waals surface area contributed by atoms with Gasteiger partial charge in [0.05, 0.1) is 6.04 Å². The lowest BCUT2D eigenvalue weighted by Crippen LogP contribution is -2.40. The molecule has 0 aliphatic rings. The van der Waals surface area contributed by atoms with Gasteiger partial charge in [0.1, 0.15) is 5.60 Å². The second-order valence-electron chi connectivity index (χ2n) is 5.28. The summed E-state index contributed by atoms with van der Waals surface area (Å²) in [6.07, 6.45) is 0.842. The summed E-state index contributed by atoms with van der Waals surface area (Å²) in [5, 5.41) is 3.99. The molecule has 0 aliphatic heterocycles. The first-order chi connectivity index (χ1) is 8.61. The number of hydrogen-bond donors (Lipinski definition) is 1. The van der Waals surface area contributed by atoms with Crippen LogP contribution in [0.3, 0.4) is 0 Å². The number of aromatic nitrogens is 2. The molecule has 1 atom stereocenters. The van der Waals surface area contributed by atoms with Crippen molar-refractivity contribution in [2.75, 3.05) is 11.9 Å².